The van der Waals surface area contributed by atoms with E-state index in [0.29, 0.717) is 54.3 Å². The second-order valence-corrected chi connectivity index (χ2v) is 13.3. The largest absolute Gasteiger partial charge is 0.393 e. The highest BCUT2D eigenvalue weighted by atomic mass is 79.9. The lowest BCUT2D eigenvalue weighted by molar-refractivity contribution is -0.121. The van der Waals surface area contributed by atoms with Gasteiger partial charge in [0.2, 0.25) is 21.9 Å². The number of aliphatic hydroxyl groups excluding tert-OH is 1. The Morgan fingerprint density at radius 2 is 1.95 bits per heavy atom. The molecule has 2 aliphatic heterocycles. The Bertz CT molecular complexity index is 1310. The van der Waals surface area contributed by atoms with Crippen LogP contribution in [0.3, 0.4) is 0 Å². The van der Waals surface area contributed by atoms with Crippen molar-refractivity contribution in [3.8, 4) is 0 Å². The Morgan fingerprint density at radius 3 is 2.65 bits per heavy atom. The fourth-order valence-electron chi connectivity index (χ4n) is 6.09. The molecule has 2 N–H and O–H groups in total. The highest BCUT2D eigenvalue weighted by molar-refractivity contribution is 9.08. The summed E-state index contributed by atoms with van der Waals surface area (Å²) in [6.07, 6.45) is 7.48. The van der Waals surface area contributed by atoms with Gasteiger partial charge in [-0.1, -0.05) is 28.1 Å². The van der Waals surface area contributed by atoms with E-state index in [0.717, 1.165) is 43.2 Å². The van der Waals surface area contributed by atoms with Crippen molar-refractivity contribution >= 4 is 43.6 Å². The summed E-state index contributed by atoms with van der Waals surface area (Å²) in [5, 5.41) is 14.2. The van der Waals surface area contributed by atoms with Crippen LogP contribution in [0.15, 0.2) is 35.4 Å². The SMILES string of the molecule is O=C1N([C@@H]2CCC[C@@H](O)C2)c2nc(NC3CCN(S(=O)(=O)c4cccc(CBr)c4)CC3)ncc2C12CC2. The number of aromatic nitrogens is 2. The quantitative estimate of drug-likeness (QED) is 0.496. The van der Waals surface area contributed by atoms with Crippen LogP contribution in [-0.2, 0) is 25.6 Å². The number of sulfonamides is 1. The third-order valence-corrected chi connectivity index (χ3v) is 10.9. The summed E-state index contributed by atoms with van der Waals surface area (Å²) >= 11 is 3.39. The summed E-state index contributed by atoms with van der Waals surface area (Å²) in [5.74, 6) is 1.26. The molecule has 4 aliphatic rings. The molecule has 2 aromatic rings. The molecule has 3 heterocycles. The molecule has 1 aromatic carbocycles. The first-order chi connectivity index (χ1) is 17.8. The van der Waals surface area contributed by atoms with E-state index in [1.807, 2.05) is 11.0 Å². The van der Waals surface area contributed by atoms with Crippen LogP contribution in [-0.4, -0.2) is 65.0 Å². The van der Waals surface area contributed by atoms with Crippen LogP contribution in [0, 0.1) is 0 Å². The predicted molar refractivity (Wildman–Crippen MR) is 143 cm³/mol. The molecule has 6 rings (SSSR count). The third-order valence-electron chi connectivity index (χ3n) is 8.35. The van der Waals surface area contributed by atoms with Gasteiger partial charge in [0.15, 0.2) is 0 Å². The van der Waals surface area contributed by atoms with E-state index < -0.39 is 15.4 Å². The predicted octanol–water partition coefficient (Wildman–Crippen LogP) is 3.32. The number of amides is 1. The summed E-state index contributed by atoms with van der Waals surface area (Å²) in [6.45, 7) is 0.828. The molecular weight excluding hydrogens is 558 g/mol. The highest BCUT2D eigenvalue weighted by Crippen LogP contribution is 2.57. The topological polar surface area (TPSA) is 116 Å². The molecule has 9 nitrogen and oxygen atoms in total. The van der Waals surface area contributed by atoms with E-state index >= 15 is 0 Å². The Kier molecular flexibility index (Phi) is 6.53. The van der Waals surface area contributed by atoms with E-state index in [1.54, 1.807) is 28.7 Å². The first kappa shape index (κ1) is 25.2. The molecule has 1 aromatic heterocycles. The zero-order valence-corrected chi connectivity index (χ0v) is 23.0. The Morgan fingerprint density at radius 1 is 1.16 bits per heavy atom. The van der Waals surface area contributed by atoms with Gasteiger partial charge in [0.05, 0.1) is 16.4 Å². The minimum absolute atomic E-state index is 0.0331. The van der Waals surface area contributed by atoms with Gasteiger partial charge in [-0.2, -0.15) is 9.29 Å². The molecule has 3 fully saturated rings. The molecule has 1 saturated heterocycles. The number of piperidine rings is 1. The lowest BCUT2D eigenvalue weighted by atomic mass is 9.92. The lowest BCUT2D eigenvalue weighted by Gasteiger charge is -2.34. The normalized spacial score (nSPS) is 25.9. The number of carbonyl (C=O) groups excluding carboxylic acids is 1. The van der Waals surface area contributed by atoms with Crippen LogP contribution in [0.2, 0.25) is 0 Å². The molecule has 37 heavy (non-hydrogen) atoms. The standard InChI is InChI=1S/C26H32BrN5O4S/c27-15-17-3-1-6-21(13-17)37(35,36)31-11-7-18(8-12-31)29-25-28-16-22-23(30-25)32(24(34)26(22)9-10-26)19-4-2-5-20(33)14-19/h1,3,6,13,16,18-20,33H,2,4-5,7-12,14-15H2,(H,28,29,30)/t19-,20-/m1/s1. The zero-order chi connectivity index (χ0) is 25.8. The number of fused-ring (bicyclic) bond motifs is 2. The number of aliphatic hydroxyl groups is 1. The number of hydrogen-bond acceptors (Lipinski definition) is 7. The number of hydrogen-bond donors (Lipinski definition) is 2. The second-order valence-electron chi connectivity index (χ2n) is 10.8. The van der Waals surface area contributed by atoms with Gasteiger partial charge < -0.3 is 10.4 Å². The number of nitrogens with zero attached hydrogens (tertiary/aromatic N) is 4. The third kappa shape index (κ3) is 4.47. The van der Waals surface area contributed by atoms with Gasteiger partial charge in [-0.15, -0.1) is 0 Å². The summed E-state index contributed by atoms with van der Waals surface area (Å²) in [7, 11) is -3.55. The molecular formula is C26H32BrN5O4S. The van der Waals surface area contributed by atoms with Crippen molar-refractivity contribution in [2.45, 2.75) is 85.2 Å². The number of carbonyl (C=O) groups is 1. The van der Waals surface area contributed by atoms with Crippen LogP contribution in [0.25, 0.3) is 0 Å². The monoisotopic (exact) mass is 589 g/mol. The number of rotatable bonds is 6. The van der Waals surface area contributed by atoms with E-state index in [2.05, 4.69) is 26.2 Å². The van der Waals surface area contributed by atoms with Gasteiger partial charge in [0.1, 0.15) is 5.82 Å². The minimum atomic E-state index is -3.55. The van der Waals surface area contributed by atoms with Gasteiger partial charge in [-0.3, -0.25) is 9.69 Å². The van der Waals surface area contributed by atoms with Gasteiger partial charge in [-0.05, 0) is 69.1 Å². The van der Waals surface area contributed by atoms with Crippen LogP contribution >= 0.6 is 15.9 Å². The number of anilines is 2. The van der Waals surface area contributed by atoms with Crippen LogP contribution in [0.1, 0.15) is 62.5 Å². The Labute approximate surface area is 225 Å². The number of halogens is 1. The Hall–Kier alpha value is -2.08. The molecule has 0 bridgehead atoms. The number of benzene rings is 1. The molecule has 2 aliphatic carbocycles. The van der Waals surface area contributed by atoms with Crippen molar-refractivity contribution < 1.29 is 18.3 Å². The van der Waals surface area contributed by atoms with Crippen molar-refractivity contribution in [3.63, 3.8) is 0 Å². The summed E-state index contributed by atoms with van der Waals surface area (Å²) < 4.78 is 27.9. The molecule has 11 heteroatoms. The number of nitrogens with one attached hydrogen (secondary N) is 1. The van der Waals surface area contributed by atoms with Gasteiger partial charge in [-0.25, -0.2) is 13.4 Å². The average molecular weight is 591 g/mol. The minimum Gasteiger partial charge on any atom is -0.393 e. The maximum Gasteiger partial charge on any atom is 0.243 e. The summed E-state index contributed by atoms with van der Waals surface area (Å²) in [4.78, 5) is 25.0. The van der Waals surface area contributed by atoms with Gasteiger partial charge in [0, 0.05) is 42.3 Å². The first-order valence-electron chi connectivity index (χ1n) is 13.1. The van der Waals surface area contributed by atoms with Crippen LogP contribution < -0.4 is 10.2 Å². The van der Waals surface area contributed by atoms with Crippen LogP contribution in [0.4, 0.5) is 11.8 Å². The van der Waals surface area contributed by atoms with Gasteiger partial charge >= 0.3 is 0 Å². The number of alkyl halides is 1. The summed E-state index contributed by atoms with van der Waals surface area (Å²) in [6, 6.07) is 7.05. The molecule has 1 amide bonds. The van der Waals surface area contributed by atoms with E-state index in [9.17, 15) is 18.3 Å². The van der Waals surface area contributed by atoms with Crippen molar-refractivity contribution in [3.05, 3.63) is 41.6 Å². The van der Waals surface area contributed by atoms with Crippen molar-refractivity contribution in [2.24, 2.45) is 0 Å². The van der Waals surface area contributed by atoms with Crippen molar-refractivity contribution in [2.75, 3.05) is 23.3 Å². The molecule has 198 valence electrons. The van der Waals surface area contributed by atoms with E-state index in [4.69, 9.17) is 4.98 Å². The molecule has 0 unspecified atom stereocenters. The molecule has 1 spiro atoms. The van der Waals surface area contributed by atoms with E-state index in [-0.39, 0.29) is 24.1 Å². The zero-order valence-electron chi connectivity index (χ0n) is 20.6. The Balaban J connectivity index is 1.16. The fraction of sp³-hybridized carbons (Fsp3) is 0.577. The van der Waals surface area contributed by atoms with Crippen LogP contribution in [0.5, 0.6) is 0 Å². The van der Waals surface area contributed by atoms with Crippen molar-refractivity contribution in [1.29, 1.82) is 0 Å². The molecule has 0 radical (unpaired) electrons. The van der Waals surface area contributed by atoms with Gasteiger partial charge in [0.25, 0.3) is 0 Å². The highest BCUT2D eigenvalue weighted by Gasteiger charge is 2.61. The lowest BCUT2D eigenvalue weighted by Crippen LogP contribution is -2.44. The maximum atomic E-state index is 13.4. The smallest absolute Gasteiger partial charge is 0.243 e. The molecule has 2 saturated carbocycles. The first-order valence-corrected chi connectivity index (χ1v) is 15.7. The maximum absolute atomic E-state index is 13.4. The molecule has 2 atom stereocenters. The second kappa shape index (κ2) is 9.59. The fourth-order valence-corrected chi connectivity index (χ4v) is 7.98. The summed E-state index contributed by atoms with van der Waals surface area (Å²) in [5.41, 5.74) is 1.37. The van der Waals surface area contributed by atoms with E-state index in [1.165, 1.54) is 0 Å². The van der Waals surface area contributed by atoms with Crippen molar-refractivity contribution in [1.82, 2.24) is 14.3 Å². The average Bonchev–Trinajstić information content (AvgIpc) is 3.67.